The molecule has 3 N–H and O–H groups in total. The summed E-state index contributed by atoms with van der Waals surface area (Å²) in [4.78, 5) is 12.4. The van der Waals surface area contributed by atoms with Gasteiger partial charge in [-0.2, -0.15) is 4.31 Å². The highest BCUT2D eigenvalue weighted by Gasteiger charge is 2.22. The number of carbonyl (C=O) groups excluding carboxylic acids is 1. The highest BCUT2D eigenvalue weighted by molar-refractivity contribution is 7.89. The molecule has 160 valence electrons. The summed E-state index contributed by atoms with van der Waals surface area (Å²) in [6.45, 7) is 7.49. The zero-order valence-corrected chi connectivity index (χ0v) is 18.0. The topological polar surface area (TPSA) is 104 Å². The molecule has 0 fully saturated rings. The van der Waals surface area contributed by atoms with Crippen molar-refractivity contribution in [1.82, 2.24) is 9.62 Å². The molecule has 0 bridgehead atoms. The normalized spacial score (nSPS) is 11.4. The van der Waals surface area contributed by atoms with Crippen LogP contribution in [0.5, 0.6) is 0 Å². The molecule has 8 nitrogen and oxygen atoms in total. The summed E-state index contributed by atoms with van der Waals surface area (Å²) in [6, 6.07) is 8.43. The molecule has 0 unspecified atom stereocenters. The molecule has 0 aliphatic heterocycles. The predicted molar refractivity (Wildman–Crippen MR) is 114 cm³/mol. The maximum atomic E-state index is 12.8. The number of hydrogen-bond acceptors (Lipinski definition) is 6. The third kappa shape index (κ3) is 6.23. The number of rotatable bonds is 12. The molecule has 0 aliphatic rings. The number of furan rings is 1. The summed E-state index contributed by atoms with van der Waals surface area (Å²) in [6.07, 6.45) is 2.47. The lowest BCUT2D eigenvalue weighted by molar-refractivity contribution is -0.119. The van der Waals surface area contributed by atoms with Gasteiger partial charge in [0.2, 0.25) is 15.9 Å². The standard InChI is InChI=1S/C20H30N4O4S/c1-4-11-21-18-10-9-17(29(26,27)24(5-2)6-3)13-19(18)22-15-20(25)23-14-16-8-7-12-28-16/h7-10,12-13,21-22H,4-6,11,14-15H2,1-3H3,(H,23,25). The zero-order valence-electron chi connectivity index (χ0n) is 17.2. The van der Waals surface area contributed by atoms with Gasteiger partial charge in [0.05, 0.1) is 35.6 Å². The molecule has 2 aromatic rings. The number of nitrogens with zero attached hydrogens (tertiary/aromatic N) is 1. The van der Waals surface area contributed by atoms with Crippen LogP contribution in [-0.4, -0.2) is 44.8 Å². The van der Waals surface area contributed by atoms with Crippen molar-refractivity contribution in [1.29, 1.82) is 0 Å². The average molecular weight is 423 g/mol. The molecule has 0 spiro atoms. The fourth-order valence-electron chi connectivity index (χ4n) is 2.79. The van der Waals surface area contributed by atoms with Gasteiger partial charge in [-0.25, -0.2) is 8.42 Å². The maximum absolute atomic E-state index is 12.8. The monoisotopic (exact) mass is 422 g/mol. The molecule has 1 aromatic heterocycles. The Morgan fingerprint density at radius 1 is 1.07 bits per heavy atom. The van der Waals surface area contributed by atoms with Crippen molar-refractivity contribution in [3.8, 4) is 0 Å². The number of anilines is 2. The number of carbonyl (C=O) groups is 1. The van der Waals surface area contributed by atoms with Crippen molar-refractivity contribution >= 4 is 27.3 Å². The largest absolute Gasteiger partial charge is 0.467 e. The van der Waals surface area contributed by atoms with Gasteiger partial charge in [0.1, 0.15) is 5.76 Å². The Morgan fingerprint density at radius 3 is 2.45 bits per heavy atom. The molecule has 1 amide bonds. The second-order valence-corrected chi connectivity index (χ2v) is 8.37. The first-order valence-corrected chi connectivity index (χ1v) is 11.3. The minimum atomic E-state index is -3.59. The third-order valence-electron chi connectivity index (χ3n) is 4.38. The van der Waals surface area contributed by atoms with E-state index in [1.54, 1.807) is 50.4 Å². The minimum Gasteiger partial charge on any atom is -0.467 e. The van der Waals surface area contributed by atoms with Gasteiger partial charge in [0.25, 0.3) is 0 Å². The third-order valence-corrected chi connectivity index (χ3v) is 6.42. The quantitative estimate of drug-likeness (QED) is 0.486. The van der Waals surface area contributed by atoms with Gasteiger partial charge < -0.3 is 20.4 Å². The van der Waals surface area contributed by atoms with E-state index in [1.807, 2.05) is 6.92 Å². The van der Waals surface area contributed by atoms with Gasteiger partial charge in [-0.15, -0.1) is 0 Å². The molecular weight excluding hydrogens is 392 g/mol. The van der Waals surface area contributed by atoms with Crippen molar-refractivity contribution in [3.63, 3.8) is 0 Å². The molecule has 0 radical (unpaired) electrons. The van der Waals surface area contributed by atoms with E-state index < -0.39 is 10.0 Å². The average Bonchev–Trinajstić information content (AvgIpc) is 3.23. The van der Waals surface area contributed by atoms with Gasteiger partial charge in [0.15, 0.2) is 0 Å². The molecule has 0 atom stereocenters. The molecule has 0 saturated carbocycles. The number of sulfonamides is 1. The first kappa shape index (κ1) is 22.8. The number of amides is 1. The van der Waals surface area contributed by atoms with Crippen LogP contribution in [-0.2, 0) is 21.4 Å². The van der Waals surface area contributed by atoms with Crippen molar-refractivity contribution < 1.29 is 17.6 Å². The van der Waals surface area contributed by atoms with Gasteiger partial charge in [-0.3, -0.25) is 4.79 Å². The molecule has 9 heteroatoms. The first-order valence-electron chi connectivity index (χ1n) is 9.83. The lowest BCUT2D eigenvalue weighted by Crippen LogP contribution is -2.31. The predicted octanol–water partition coefficient (Wildman–Crippen LogP) is 2.86. The van der Waals surface area contributed by atoms with Crippen molar-refractivity contribution in [2.45, 2.75) is 38.6 Å². The fourth-order valence-corrected chi connectivity index (χ4v) is 4.28. The Kier molecular flexibility index (Phi) is 8.53. The smallest absolute Gasteiger partial charge is 0.243 e. The van der Waals surface area contributed by atoms with E-state index in [0.29, 0.717) is 31.1 Å². The summed E-state index contributed by atoms with van der Waals surface area (Å²) in [5.41, 5.74) is 1.32. The molecular formula is C20H30N4O4S. The first-order chi connectivity index (χ1) is 13.9. The maximum Gasteiger partial charge on any atom is 0.243 e. The van der Waals surface area contributed by atoms with Crippen molar-refractivity contribution in [3.05, 3.63) is 42.4 Å². The number of hydrogen-bond donors (Lipinski definition) is 3. The molecule has 0 aliphatic carbocycles. The summed E-state index contributed by atoms with van der Waals surface area (Å²) in [7, 11) is -3.59. The Morgan fingerprint density at radius 2 is 1.83 bits per heavy atom. The summed E-state index contributed by atoms with van der Waals surface area (Å²) in [5, 5.41) is 9.07. The second kappa shape index (κ2) is 10.9. The molecule has 0 saturated heterocycles. The molecule has 2 rings (SSSR count). The highest BCUT2D eigenvalue weighted by atomic mass is 32.2. The summed E-state index contributed by atoms with van der Waals surface area (Å²) >= 11 is 0. The van der Waals surface area contributed by atoms with E-state index in [9.17, 15) is 13.2 Å². The van der Waals surface area contributed by atoms with E-state index in [-0.39, 0.29) is 17.3 Å². The van der Waals surface area contributed by atoms with E-state index in [1.165, 1.54) is 4.31 Å². The lowest BCUT2D eigenvalue weighted by Gasteiger charge is -2.20. The number of benzene rings is 1. The Balaban J connectivity index is 2.14. The van der Waals surface area contributed by atoms with Crippen LogP contribution in [0.1, 0.15) is 33.0 Å². The van der Waals surface area contributed by atoms with E-state index in [2.05, 4.69) is 16.0 Å². The lowest BCUT2D eigenvalue weighted by atomic mass is 10.2. The second-order valence-electron chi connectivity index (χ2n) is 6.43. The Bertz CT molecular complexity index is 878. The van der Waals surface area contributed by atoms with Crippen LogP contribution >= 0.6 is 0 Å². The SMILES string of the molecule is CCCNc1ccc(S(=O)(=O)N(CC)CC)cc1NCC(=O)NCc1ccco1. The van der Waals surface area contributed by atoms with Crippen LogP contribution in [0, 0.1) is 0 Å². The Hall–Kier alpha value is -2.52. The van der Waals surface area contributed by atoms with Crippen LogP contribution in [0.3, 0.4) is 0 Å². The highest BCUT2D eigenvalue weighted by Crippen LogP contribution is 2.27. The van der Waals surface area contributed by atoms with Gasteiger partial charge in [-0.1, -0.05) is 20.8 Å². The molecule has 1 heterocycles. The van der Waals surface area contributed by atoms with E-state index in [4.69, 9.17) is 4.42 Å². The van der Waals surface area contributed by atoms with Crippen LogP contribution in [0.4, 0.5) is 11.4 Å². The van der Waals surface area contributed by atoms with Crippen molar-refractivity contribution in [2.75, 3.05) is 36.8 Å². The van der Waals surface area contributed by atoms with Crippen LogP contribution in [0.2, 0.25) is 0 Å². The van der Waals surface area contributed by atoms with E-state index in [0.717, 1.165) is 18.7 Å². The fraction of sp³-hybridized carbons (Fsp3) is 0.450. The molecule has 1 aromatic carbocycles. The summed E-state index contributed by atoms with van der Waals surface area (Å²) in [5.74, 6) is 0.441. The van der Waals surface area contributed by atoms with Gasteiger partial charge in [0, 0.05) is 19.6 Å². The van der Waals surface area contributed by atoms with Crippen LogP contribution in [0.25, 0.3) is 0 Å². The minimum absolute atomic E-state index is 0.0102. The van der Waals surface area contributed by atoms with Crippen molar-refractivity contribution in [2.24, 2.45) is 0 Å². The van der Waals surface area contributed by atoms with E-state index >= 15 is 0 Å². The number of nitrogens with one attached hydrogen (secondary N) is 3. The van der Waals surface area contributed by atoms with Crippen LogP contribution in [0.15, 0.2) is 45.9 Å². The molecule has 29 heavy (non-hydrogen) atoms. The van der Waals surface area contributed by atoms with Gasteiger partial charge >= 0.3 is 0 Å². The summed E-state index contributed by atoms with van der Waals surface area (Å²) < 4.78 is 32.3. The van der Waals surface area contributed by atoms with Gasteiger partial charge in [-0.05, 0) is 36.8 Å². The van der Waals surface area contributed by atoms with Crippen LogP contribution < -0.4 is 16.0 Å². The Labute approximate surface area is 172 Å². The zero-order chi connectivity index (χ0) is 21.3.